The van der Waals surface area contributed by atoms with Crippen molar-refractivity contribution in [2.45, 2.75) is 9.79 Å². The minimum absolute atomic E-state index is 0.0596. The van der Waals surface area contributed by atoms with Gasteiger partial charge in [-0.05, 0) is 24.3 Å². The number of hydrogen-bond donors (Lipinski definition) is 2. The fourth-order valence-electron chi connectivity index (χ4n) is 2.19. The van der Waals surface area contributed by atoms with Crippen LogP contribution in [0.2, 0.25) is 15.1 Å². The van der Waals surface area contributed by atoms with Crippen molar-refractivity contribution in [3.8, 4) is 0 Å². The summed E-state index contributed by atoms with van der Waals surface area (Å²) in [7, 11) is -8.55. The lowest BCUT2D eigenvalue weighted by Crippen LogP contribution is -2.12. The minimum Gasteiger partial charge on any atom is -0.282 e. The predicted molar refractivity (Wildman–Crippen MR) is 136 cm³/mol. The second-order valence-corrected chi connectivity index (χ2v) is 10.7. The molecule has 0 amide bonds. The molecule has 0 saturated heterocycles. The van der Waals surface area contributed by atoms with E-state index in [1.807, 2.05) is 0 Å². The number of halogens is 3. The monoisotopic (exact) mass is 630 g/mol. The lowest BCUT2D eigenvalue weighted by molar-refractivity contribution is -0.385. The van der Waals surface area contributed by atoms with E-state index in [9.17, 15) is 47.2 Å². The number of nitrogens with two attached hydrogens (primary N) is 1. The van der Waals surface area contributed by atoms with Crippen molar-refractivity contribution in [2.24, 2.45) is 5.14 Å². The topological polar surface area (TPSA) is 244 Å². The molecule has 0 aliphatic carbocycles. The predicted octanol–water partition coefficient (Wildman–Crippen LogP) is 4.64. The lowest BCUT2D eigenvalue weighted by atomic mass is 10.3. The Kier molecular flexibility index (Phi) is 11.5. The Bertz CT molecular complexity index is 1490. The Hall–Kier alpha value is -3.45. The van der Waals surface area contributed by atoms with Gasteiger partial charge in [0, 0.05) is 41.4 Å². The number of nitro groups is 3. The SMILES string of the molecule is NS(=O)(=O)c1cc([N+](=O)[O-])ccc1Cl.O=[N+]([O-])c1ccc(Cl)c(S(=O)(=O)O)c1.O=[N+]([O-])c1ccc(Cl)cc1. The maximum Gasteiger partial charge on any atom is 0.296 e. The average Bonchev–Trinajstić information content (AvgIpc) is 2.79. The van der Waals surface area contributed by atoms with Crippen LogP contribution in [0.1, 0.15) is 0 Å². The zero-order valence-electron chi connectivity index (χ0n) is 18.2. The summed E-state index contributed by atoms with van der Waals surface area (Å²) < 4.78 is 51.8. The Morgan fingerprint density at radius 3 is 1.32 bits per heavy atom. The van der Waals surface area contributed by atoms with Gasteiger partial charge in [0.2, 0.25) is 10.0 Å². The molecule has 0 heterocycles. The molecule has 204 valence electrons. The van der Waals surface area contributed by atoms with E-state index in [4.69, 9.17) is 44.5 Å². The Balaban J connectivity index is 0.000000290. The first-order chi connectivity index (χ1) is 17.3. The lowest BCUT2D eigenvalue weighted by Gasteiger charge is -2.00. The van der Waals surface area contributed by atoms with Crippen molar-refractivity contribution >= 4 is 72.0 Å². The summed E-state index contributed by atoms with van der Waals surface area (Å²) in [6.45, 7) is 0. The smallest absolute Gasteiger partial charge is 0.282 e. The van der Waals surface area contributed by atoms with Gasteiger partial charge in [-0.3, -0.25) is 34.9 Å². The number of sulfonamides is 1. The van der Waals surface area contributed by atoms with Gasteiger partial charge in [-0.15, -0.1) is 0 Å². The van der Waals surface area contributed by atoms with Gasteiger partial charge in [-0.2, -0.15) is 8.42 Å². The molecule has 3 N–H and O–H groups in total. The molecular formula is C18H13Cl3N4O11S2. The number of primary sulfonamides is 1. The van der Waals surface area contributed by atoms with E-state index in [1.165, 1.54) is 24.3 Å². The van der Waals surface area contributed by atoms with Gasteiger partial charge in [0.15, 0.2) is 0 Å². The third-order valence-electron chi connectivity index (χ3n) is 3.87. The number of rotatable bonds is 5. The molecule has 0 spiro atoms. The summed E-state index contributed by atoms with van der Waals surface area (Å²) in [5.74, 6) is 0. The Morgan fingerprint density at radius 1 is 0.632 bits per heavy atom. The van der Waals surface area contributed by atoms with E-state index >= 15 is 0 Å². The highest BCUT2D eigenvalue weighted by atomic mass is 35.5. The van der Waals surface area contributed by atoms with Crippen molar-refractivity contribution in [2.75, 3.05) is 0 Å². The average molecular weight is 632 g/mol. The normalized spacial score (nSPS) is 10.8. The van der Waals surface area contributed by atoms with Gasteiger partial charge >= 0.3 is 0 Å². The van der Waals surface area contributed by atoms with Crippen LogP contribution < -0.4 is 5.14 Å². The maximum absolute atomic E-state index is 10.9. The van der Waals surface area contributed by atoms with Crippen LogP contribution in [-0.4, -0.2) is 36.2 Å². The van der Waals surface area contributed by atoms with Crippen LogP contribution in [0.4, 0.5) is 17.1 Å². The van der Waals surface area contributed by atoms with Gasteiger partial charge < -0.3 is 0 Å². The summed E-state index contributed by atoms with van der Waals surface area (Å²) in [6.07, 6.45) is 0. The molecule has 15 nitrogen and oxygen atoms in total. The highest BCUT2D eigenvalue weighted by Crippen LogP contribution is 2.26. The van der Waals surface area contributed by atoms with Crippen LogP contribution in [0.3, 0.4) is 0 Å². The molecule has 0 fully saturated rings. The molecule has 0 aromatic heterocycles. The van der Waals surface area contributed by atoms with Crippen LogP contribution in [-0.2, 0) is 20.1 Å². The molecule has 3 rings (SSSR count). The molecule has 0 unspecified atom stereocenters. The summed E-state index contributed by atoms with van der Waals surface area (Å²) >= 11 is 16.4. The molecular weight excluding hydrogens is 619 g/mol. The van der Waals surface area contributed by atoms with Gasteiger partial charge in [0.25, 0.3) is 27.2 Å². The second kappa shape index (κ2) is 13.4. The van der Waals surface area contributed by atoms with Crippen LogP contribution in [0, 0.1) is 30.3 Å². The molecule has 20 heteroatoms. The zero-order chi connectivity index (χ0) is 29.4. The second-order valence-electron chi connectivity index (χ2n) is 6.50. The van der Waals surface area contributed by atoms with Crippen LogP contribution in [0.25, 0.3) is 0 Å². The quantitative estimate of drug-likeness (QED) is 0.223. The molecule has 0 atom stereocenters. The Morgan fingerprint density at radius 2 is 0.974 bits per heavy atom. The van der Waals surface area contributed by atoms with Gasteiger partial charge in [-0.1, -0.05) is 34.8 Å². The summed E-state index contributed by atoms with van der Waals surface area (Å²) in [4.78, 5) is 27.6. The fraction of sp³-hybridized carbons (Fsp3) is 0. The van der Waals surface area contributed by atoms with E-state index in [1.54, 1.807) is 0 Å². The molecule has 3 aromatic rings. The first-order valence-electron chi connectivity index (χ1n) is 9.12. The van der Waals surface area contributed by atoms with Gasteiger partial charge in [0.05, 0.1) is 24.8 Å². The van der Waals surface area contributed by atoms with Crippen molar-refractivity contribution in [3.05, 3.63) is 106 Å². The number of nitro benzene ring substituents is 3. The zero-order valence-corrected chi connectivity index (χ0v) is 22.1. The number of hydrogen-bond acceptors (Lipinski definition) is 10. The van der Waals surface area contributed by atoms with E-state index in [0.717, 1.165) is 30.3 Å². The fourth-order valence-corrected chi connectivity index (χ4v) is 4.37. The van der Waals surface area contributed by atoms with Gasteiger partial charge in [-0.25, -0.2) is 13.6 Å². The molecule has 0 aliphatic rings. The van der Waals surface area contributed by atoms with Crippen LogP contribution in [0.5, 0.6) is 0 Å². The van der Waals surface area contributed by atoms with E-state index in [2.05, 4.69) is 0 Å². The van der Waals surface area contributed by atoms with Gasteiger partial charge in [0.1, 0.15) is 9.79 Å². The first kappa shape index (κ1) is 32.6. The Labute approximate surface area is 228 Å². The molecule has 38 heavy (non-hydrogen) atoms. The molecule has 0 saturated carbocycles. The third kappa shape index (κ3) is 10.1. The first-order valence-corrected chi connectivity index (χ1v) is 13.2. The number of non-ortho nitro benzene ring substituents is 3. The summed E-state index contributed by atoms with van der Waals surface area (Å²) in [5.41, 5.74) is -0.773. The van der Waals surface area contributed by atoms with Crippen LogP contribution >= 0.6 is 34.8 Å². The molecule has 0 radical (unpaired) electrons. The highest BCUT2D eigenvalue weighted by molar-refractivity contribution is 7.89. The molecule has 0 aliphatic heterocycles. The summed E-state index contributed by atoms with van der Waals surface area (Å²) in [5, 5.41) is 35.6. The highest BCUT2D eigenvalue weighted by Gasteiger charge is 2.19. The van der Waals surface area contributed by atoms with E-state index in [-0.39, 0.29) is 21.4 Å². The number of benzene rings is 3. The van der Waals surface area contributed by atoms with Crippen molar-refractivity contribution in [1.29, 1.82) is 0 Å². The minimum atomic E-state index is -4.53. The third-order valence-corrected chi connectivity index (χ3v) is 6.85. The summed E-state index contributed by atoms with van der Waals surface area (Å²) in [6, 6.07) is 11.5. The maximum atomic E-state index is 10.9. The largest absolute Gasteiger partial charge is 0.296 e. The standard InChI is InChI=1S/C6H5ClN2O4S.C6H4ClNO5S.C6H4ClNO2/c7-5-2-1-4(9(10)11)3-6(5)14(8,12)13;7-5-2-1-4(8(9)10)3-6(5)14(11,12)13;7-5-1-3-6(4-2-5)8(9)10/h1-3H,(H2,8,12,13);1-3H,(H,11,12,13);1-4H. The van der Waals surface area contributed by atoms with E-state index < -0.39 is 50.4 Å². The van der Waals surface area contributed by atoms with Crippen molar-refractivity contribution in [3.63, 3.8) is 0 Å². The van der Waals surface area contributed by atoms with Crippen molar-refractivity contribution < 1.29 is 36.2 Å². The number of nitrogens with zero attached hydrogens (tertiary/aromatic N) is 3. The molecule has 0 bridgehead atoms. The molecule has 3 aromatic carbocycles. The van der Waals surface area contributed by atoms with E-state index in [0.29, 0.717) is 11.1 Å². The van der Waals surface area contributed by atoms with Crippen molar-refractivity contribution in [1.82, 2.24) is 0 Å². The van der Waals surface area contributed by atoms with Crippen LogP contribution in [0.15, 0.2) is 70.5 Å².